The molecule has 0 spiro atoms. The van der Waals surface area contributed by atoms with Gasteiger partial charge in [0.15, 0.2) is 11.2 Å². The van der Waals surface area contributed by atoms with Gasteiger partial charge >= 0.3 is 0 Å². The zero-order chi connectivity index (χ0) is 30.4. The number of fused-ring (bicyclic) bond motifs is 1. The molecule has 13 heteroatoms. The minimum absolute atomic E-state index is 0.0359. The maximum atomic E-state index is 13.4. The van der Waals surface area contributed by atoms with Crippen LogP contribution in [0.4, 0.5) is 0 Å². The Bertz CT molecular complexity index is 1610. The Morgan fingerprint density at radius 1 is 1.09 bits per heavy atom. The van der Waals surface area contributed by atoms with Crippen molar-refractivity contribution < 1.29 is 41.7 Å². The third-order valence-corrected chi connectivity index (χ3v) is 9.28. The smallest absolute Gasteiger partial charge is 0.288 e. The van der Waals surface area contributed by atoms with Crippen molar-refractivity contribution in [1.29, 1.82) is 0 Å². The number of carbonyl (C=O) groups excluding carboxylic acids is 1. The monoisotopic (exact) mass is 614 g/mol. The summed E-state index contributed by atoms with van der Waals surface area (Å²) in [6.45, 7) is 0.868. The molecule has 2 aromatic carbocycles. The van der Waals surface area contributed by atoms with Crippen molar-refractivity contribution in [1.82, 2.24) is 9.21 Å². The number of rotatable bonds is 11. The van der Waals surface area contributed by atoms with Crippen LogP contribution in [0.5, 0.6) is 5.75 Å². The van der Waals surface area contributed by atoms with Crippen LogP contribution in [0.3, 0.4) is 0 Å². The van der Waals surface area contributed by atoms with E-state index in [0.29, 0.717) is 48.6 Å². The molecule has 2 aliphatic rings. The first-order chi connectivity index (χ1) is 20.8. The number of para-hydroxylation sites is 1. The van der Waals surface area contributed by atoms with Gasteiger partial charge in [-0.25, -0.2) is 8.42 Å². The molecule has 0 radical (unpaired) electrons. The van der Waals surface area contributed by atoms with Crippen LogP contribution < -0.4 is 10.2 Å². The highest BCUT2D eigenvalue weighted by atomic mass is 32.2. The number of amides is 1. The zero-order valence-electron chi connectivity index (χ0n) is 23.7. The fourth-order valence-corrected chi connectivity index (χ4v) is 6.46. The lowest BCUT2D eigenvalue weighted by Crippen LogP contribution is -2.43. The molecule has 0 saturated carbocycles. The van der Waals surface area contributed by atoms with E-state index in [1.165, 1.54) is 25.5 Å². The lowest BCUT2D eigenvalue weighted by Gasteiger charge is -2.33. The number of carbonyl (C=O) groups is 1. The molecule has 1 fully saturated rings. The number of sulfonamides is 1. The van der Waals surface area contributed by atoms with E-state index in [2.05, 4.69) is 0 Å². The maximum absolute atomic E-state index is 13.4. The van der Waals surface area contributed by atoms with Gasteiger partial charge in [0.05, 0.1) is 50.1 Å². The summed E-state index contributed by atoms with van der Waals surface area (Å²) in [4.78, 5) is 28.4. The Morgan fingerprint density at radius 3 is 2.56 bits per heavy atom. The molecule has 0 aliphatic carbocycles. The van der Waals surface area contributed by atoms with Crippen LogP contribution >= 0.6 is 0 Å². The van der Waals surface area contributed by atoms with Crippen molar-refractivity contribution >= 4 is 26.9 Å². The summed E-state index contributed by atoms with van der Waals surface area (Å²) in [5.74, 6) is -0.364. The minimum atomic E-state index is -3.95. The molecule has 1 saturated heterocycles. The molecule has 1 aromatic heterocycles. The van der Waals surface area contributed by atoms with Crippen molar-refractivity contribution in [3.05, 3.63) is 82.4 Å². The molecule has 2 atom stereocenters. The van der Waals surface area contributed by atoms with Crippen LogP contribution in [0, 0.1) is 0 Å². The van der Waals surface area contributed by atoms with Crippen molar-refractivity contribution in [2.24, 2.45) is 0 Å². The van der Waals surface area contributed by atoms with Gasteiger partial charge in [-0.3, -0.25) is 9.59 Å². The fraction of sp³-hybridized carbons (Fsp3) is 0.400. The average Bonchev–Trinajstić information content (AvgIpc) is 3.04. The Balaban J connectivity index is 1.35. The molecule has 0 unspecified atom stereocenters. The van der Waals surface area contributed by atoms with Crippen LogP contribution in [-0.2, 0) is 29.0 Å². The van der Waals surface area contributed by atoms with Crippen LogP contribution in [0.25, 0.3) is 11.0 Å². The second kappa shape index (κ2) is 13.7. The molecular formula is C30H34N2O10S. The van der Waals surface area contributed by atoms with Gasteiger partial charge in [0, 0.05) is 44.1 Å². The van der Waals surface area contributed by atoms with Crippen LogP contribution in [-0.4, -0.2) is 94.6 Å². The van der Waals surface area contributed by atoms with E-state index in [4.69, 9.17) is 23.4 Å². The number of nitrogens with zero attached hydrogens (tertiary/aromatic N) is 2. The molecule has 3 aromatic rings. The topological polar surface area (TPSA) is 145 Å². The predicted molar refractivity (Wildman–Crippen MR) is 155 cm³/mol. The summed E-state index contributed by atoms with van der Waals surface area (Å²) in [5.41, 5.74) is 0.584. The van der Waals surface area contributed by atoms with Crippen molar-refractivity contribution in [2.45, 2.75) is 23.5 Å². The quantitative estimate of drug-likeness (QED) is 0.341. The van der Waals surface area contributed by atoms with E-state index in [-0.39, 0.29) is 48.1 Å². The standard InChI is InChI=1S/C30H34N2O10S/c1-38-22-6-8-23(9-7-22)43(36,37)32(10-14-33)13-17-40-28-19-21(18-27(42-28)30(35)31-11-15-39-16-12-31)25-20-41-26-5-3-2-4-24(26)29(25)34/h2-9,18,20-21,28,33H,10-17,19H2,1H3/t21-,28+/m0/s1. The minimum Gasteiger partial charge on any atom is -0.497 e. The van der Waals surface area contributed by atoms with Gasteiger partial charge in [-0.1, -0.05) is 12.1 Å². The van der Waals surface area contributed by atoms with Crippen molar-refractivity contribution in [3.8, 4) is 5.75 Å². The summed E-state index contributed by atoms with van der Waals surface area (Å²) in [6, 6.07) is 12.9. The molecule has 43 heavy (non-hydrogen) atoms. The Labute approximate surface area is 249 Å². The highest BCUT2D eigenvalue weighted by Crippen LogP contribution is 2.32. The Hall–Kier alpha value is -3.75. The number of hydrogen-bond acceptors (Lipinski definition) is 10. The molecule has 1 N–H and O–H groups in total. The highest BCUT2D eigenvalue weighted by molar-refractivity contribution is 7.89. The number of hydrogen-bond donors (Lipinski definition) is 1. The second-order valence-corrected chi connectivity index (χ2v) is 12.0. The van der Waals surface area contributed by atoms with E-state index in [9.17, 15) is 23.1 Å². The van der Waals surface area contributed by atoms with Crippen LogP contribution in [0.2, 0.25) is 0 Å². The zero-order valence-corrected chi connectivity index (χ0v) is 24.5. The number of allylic oxidation sites excluding steroid dienone is 1. The molecule has 1 amide bonds. The number of aliphatic hydroxyl groups excluding tert-OH is 1. The summed E-state index contributed by atoms with van der Waals surface area (Å²) >= 11 is 0. The van der Waals surface area contributed by atoms with Crippen LogP contribution in [0.15, 0.2) is 80.7 Å². The number of ether oxygens (including phenoxy) is 4. The first kappa shape index (κ1) is 30.7. The number of benzene rings is 2. The third kappa shape index (κ3) is 6.92. The normalized spacial score (nSPS) is 19.2. The lowest BCUT2D eigenvalue weighted by molar-refractivity contribution is -0.155. The highest BCUT2D eigenvalue weighted by Gasteiger charge is 2.33. The first-order valence-electron chi connectivity index (χ1n) is 13.9. The first-order valence-corrected chi connectivity index (χ1v) is 15.4. The van der Waals surface area contributed by atoms with Gasteiger partial charge < -0.3 is 33.4 Å². The maximum Gasteiger partial charge on any atom is 0.288 e. The van der Waals surface area contributed by atoms with E-state index < -0.39 is 28.8 Å². The lowest BCUT2D eigenvalue weighted by atomic mass is 9.93. The summed E-state index contributed by atoms with van der Waals surface area (Å²) in [6.07, 6.45) is 2.25. The predicted octanol–water partition coefficient (Wildman–Crippen LogP) is 2.07. The summed E-state index contributed by atoms with van der Waals surface area (Å²) in [7, 11) is -2.47. The van der Waals surface area contributed by atoms with E-state index in [1.807, 2.05) is 0 Å². The Kier molecular flexibility index (Phi) is 9.78. The molecule has 3 heterocycles. The number of aliphatic hydroxyl groups is 1. The van der Waals surface area contributed by atoms with Crippen molar-refractivity contribution in [2.75, 3.05) is 59.7 Å². The molecular weight excluding hydrogens is 580 g/mol. The Morgan fingerprint density at radius 2 is 1.84 bits per heavy atom. The fourth-order valence-electron chi connectivity index (χ4n) is 5.05. The SMILES string of the molecule is COc1ccc(S(=O)(=O)N(CCO)CCO[C@H]2C[C@@H](c3coc4ccccc4c3=O)C=C(C(=O)N3CCOCC3)O2)cc1. The van der Waals surface area contributed by atoms with E-state index in [1.54, 1.807) is 47.4 Å². The number of methoxy groups -OCH3 is 1. The molecule has 230 valence electrons. The van der Waals surface area contributed by atoms with Gasteiger partial charge in [0.2, 0.25) is 16.3 Å². The van der Waals surface area contributed by atoms with Gasteiger partial charge in [-0.15, -0.1) is 0 Å². The van der Waals surface area contributed by atoms with Crippen molar-refractivity contribution in [3.63, 3.8) is 0 Å². The van der Waals surface area contributed by atoms with Crippen LogP contribution in [0.1, 0.15) is 17.9 Å². The van der Waals surface area contributed by atoms with Gasteiger partial charge in [-0.2, -0.15) is 4.31 Å². The van der Waals surface area contributed by atoms with E-state index >= 15 is 0 Å². The van der Waals surface area contributed by atoms with Gasteiger partial charge in [0.1, 0.15) is 11.3 Å². The molecule has 12 nitrogen and oxygen atoms in total. The average molecular weight is 615 g/mol. The molecule has 2 aliphatic heterocycles. The number of morpholine rings is 1. The molecule has 0 bridgehead atoms. The molecule has 5 rings (SSSR count). The third-order valence-electron chi connectivity index (χ3n) is 7.36. The second-order valence-electron chi connectivity index (χ2n) is 10.0. The summed E-state index contributed by atoms with van der Waals surface area (Å²) < 4.78 is 55.8. The van der Waals surface area contributed by atoms with Gasteiger partial charge in [-0.05, 0) is 42.5 Å². The van der Waals surface area contributed by atoms with Gasteiger partial charge in [0.25, 0.3) is 5.91 Å². The largest absolute Gasteiger partial charge is 0.497 e. The van der Waals surface area contributed by atoms with E-state index in [0.717, 1.165) is 4.31 Å². The summed E-state index contributed by atoms with van der Waals surface area (Å²) in [5, 5.41) is 9.99.